The molecule has 4 nitrogen and oxygen atoms in total. The molecule has 1 saturated heterocycles. The molecule has 1 aromatic carbocycles. The van der Waals surface area contributed by atoms with Crippen LogP contribution < -0.4 is 5.73 Å². The number of esters is 1. The van der Waals surface area contributed by atoms with Gasteiger partial charge < -0.3 is 10.5 Å². The van der Waals surface area contributed by atoms with Crippen molar-refractivity contribution in [1.82, 2.24) is 4.90 Å². The minimum Gasteiger partial charge on any atom is -0.465 e. The Morgan fingerprint density at radius 3 is 2.76 bits per heavy atom. The Morgan fingerprint density at radius 1 is 1.38 bits per heavy atom. The van der Waals surface area contributed by atoms with Gasteiger partial charge in [0.15, 0.2) is 0 Å². The molecule has 1 aromatic rings. The molecule has 0 aliphatic carbocycles. The molecule has 0 amide bonds. The third kappa shape index (κ3) is 5.10. The molecule has 0 aromatic heterocycles. The standard InChI is InChI=1S/C16H23FN2O2/c1-2-21-16(20)11-19-9-13(8-15(18)10-19)7-12-3-5-14(17)6-4-12/h3-6,13,15H,2,7-11,18H2,1H3. The zero-order valence-electron chi connectivity index (χ0n) is 12.4. The molecule has 0 saturated carbocycles. The summed E-state index contributed by atoms with van der Waals surface area (Å²) in [6.45, 7) is 4.04. The molecule has 2 N–H and O–H groups in total. The van der Waals surface area contributed by atoms with Gasteiger partial charge in [0, 0.05) is 19.1 Å². The molecule has 2 unspecified atom stereocenters. The second-order valence-corrected chi connectivity index (χ2v) is 5.69. The van der Waals surface area contributed by atoms with E-state index < -0.39 is 0 Å². The first-order valence-corrected chi connectivity index (χ1v) is 7.44. The van der Waals surface area contributed by atoms with Crippen LogP contribution in [0.4, 0.5) is 4.39 Å². The van der Waals surface area contributed by atoms with Crippen LogP contribution in [0.15, 0.2) is 24.3 Å². The molecule has 1 aliphatic heterocycles. The fourth-order valence-corrected chi connectivity index (χ4v) is 2.97. The van der Waals surface area contributed by atoms with Crippen LogP contribution >= 0.6 is 0 Å². The van der Waals surface area contributed by atoms with Gasteiger partial charge in [-0.3, -0.25) is 9.69 Å². The fraction of sp³-hybridized carbons (Fsp3) is 0.562. The van der Waals surface area contributed by atoms with Crippen molar-refractivity contribution in [2.45, 2.75) is 25.8 Å². The lowest BCUT2D eigenvalue weighted by atomic mass is 9.89. The average Bonchev–Trinajstić information content (AvgIpc) is 2.41. The van der Waals surface area contributed by atoms with E-state index in [0.29, 0.717) is 19.1 Å². The minimum atomic E-state index is -0.219. The second-order valence-electron chi connectivity index (χ2n) is 5.69. The van der Waals surface area contributed by atoms with Crippen LogP contribution in [0.3, 0.4) is 0 Å². The monoisotopic (exact) mass is 294 g/mol. The molecule has 5 heteroatoms. The van der Waals surface area contributed by atoms with E-state index in [-0.39, 0.29) is 17.8 Å². The molecule has 0 bridgehead atoms. The quantitative estimate of drug-likeness (QED) is 0.838. The summed E-state index contributed by atoms with van der Waals surface area (Å²) in [4.78, 5) is 13.6. The number of benzene rings is 1. The topological polar surface area (TPSA) is 55.6 Å². The Labute approximate surface area is 125 Å². The first-order valence-electron chi connectivity index (χ1n) is 7.44. The van der Waals surface area contributed by atoms with Crippen LogP contribution in [-0.4, -0.2) is 43.2 Å². The largest absolute Gasteiger partial charge is 0.465 e. The summed E-state index contributed by atoms with van der Waals surface area (Å²) in [6, 6.07) is 6.65. The van der Waals surface area contributed by atoms with Crippen LogP contribution in [0, 0.1) is 11.7 Å². The Kier molecular flexibility index (Phi) is 5.70. The first-order chi connectivity index (χ1) is 10.1. The number of halogens is 1. The summed E-state index contributed by atoms with van der Waals surface area (Å²) in [5.74, 6) is -0.0381. The Hall–Kier alpha value is -1.46. The lowest BCUT2D eigenvalue weighted by Gasteiger charge is -2.35. The Balaban J connectivity index is 1.90. The smallest absolute Gasteiger partial charge is 0.320 e. The van der Waals surface area contributed by atoms with Crippen molar-refractivity contribution in [1.29, 1.82) is 0 Å². The van der Waals surface area contributed by atoms with Gasteiger partial charge in [-0.1, -0.05) is 12.1 Å². The molecule has 1 aliphatic rings. The molecule has 0 spiro atoms. The number of piperidine rings is 1. The highest BCUT2D eigenvalue weighted by atomic mass is 19.1. The number of likely N-dealkylation sites (tertiary alicyclic amines) is 1. The number of nitrogens with zero attached hydrogens (tertiary/aromatic N) is 1. The van der Waals surface area contributed by atoms with Gasteiger partial charge in [-0.15, -0.1) is 0 Å². The maximum Gasteiger partial charge on any atom is 0.320 e. The van der Waals surface area contributed by atoms with E-state index >= 15 is 0 Å². The van der Waals surface area contributed by atoms with Gasteiger partial charge in [-0.25, -0.2) is 4.39 Å². The van der Waals surface area contributed by atoms with Gasteiger partial charge in [0.2, 0.25) is 0 Å². The molecular formula is C16H23FN2O2. The van der Waals surface area contributed by atoms with Crippen LogP contribution in [0.5, 0.6) is 0 Å². The van der Waals surface area contributed by atoms with Gasteiger partial charge in [-0.2, -0.15) is 0 Å². The van der Waals surface area contributed by atoms with E-state index in [9.17, 15) is 9.18 Å². The predicted molar refractivity (Wildman–Crippen MR) is 79.3 cm³/mol. The van der Waals surface area contributed by atoms with Gasteiger partial charge in [0.1, 0.15) is 5.82 Å². The molecule has 116 valence electrons. The summed E-state index contributed by atoms with van der Waals surface area (Å²) in [5, 5.41) is 0. The molecular weight excluding hydrogens is 271 g/mol. The van der Waals surface area contributed by atoms with Crippen molar-refractivity contribution in [3.05, 3.63) is 35.6 Å². The van der Waals surface area contributed by atoms with Crippen molar-refractivity contribution in [3.63, 3.8) is 0 Å². The Bertz CT molecular complexity index is 464. The summed E-state index contributed by atoms with van der Waals surface area (Å²) >= 11 is 0. The van der Waals surface area contributed by atoms with Crippen molar-refractivity contribution in [2.24, 2.45) is 11.7 Å². The van der Waals surface area contributed by atoms with E-state index in [4.69, 9.17) is 10.5 Å². The highest BCUT2D eigenvalue weighted by Gasteiger charge is 2.26. The van der Waals surface area contributed by atoms with E-state index in [1.165, 1.54) is 12.1 Å². The summed E-state index contributed by atoms with van der Waals surface area (Å²) in [7, 11) is 0. The molecule has 2 rings (SSSR count). The molecule has 21 heavy (non-hydrogen) atoms. The number of hydrogen-bond donors (Lipinski definition) is 1. The van der Waals surface area contributed by atoms with Crippen molar-refractivity contribution in [2.75, 3.05) is 26.2 Å². The normalized spacial score (nSPS) is 23.0. The second kappa shape index (κ2) is 7.52. The highest BCUT2D eigenvalue weighted by molar-refractivity contribution is 5.71. The zero-order valence-corrected chi connectivity index (χ0v) is 12.4. The molecule has 0 radical (unpaired) electrons. The van der Waals surface area contributed by atoms with Crippen molar-refractivity contribution in [3.8, 4) is 0 Å². The van der Waals surface area contributed by atoms with Crippen molar-refractivity contribution >= 4 is 5.97 Å². The first kappa shape index (κ1) is 15.9. The van der Waals surface area contributed by atoms with Crippen LogP contribution in [-0.2, 0) is 16.0 Å². The number of ether oxygens (including phenoxy) is 1. The fourth-order valence-electron chi connectivity index (χ4n) is 2.97. The number of carbonyl (C=O) groups excluding carboxylic acids is 1. The number of hydrogen-bond acceptors (Lipinski definition) is 4. The van der Waals surface area contributed by atoms with E-state index in [1.807, 2.05) is 12.1 Å². The molecule has 1 heterocycles. The maximum atomic E-state index is 12.9. The van der Waals surface area contributed by atoms with E-state index in [2.05, 4.69) is 4.90 Å². The van der Waals surface area contributed by atoms with Gasteiger partial charge in [-0.05, 0) is 43.4 Å². The van der Waals surface area contributed by atoms with Gasteiger partial charge >= 0.3 is 5.97 Å². The van der Waals surface area contributed by atoms with E-state index in [0.717, 1.165) is 31.5 Å². The van der Waals surface area contributed by atoms with Crippen molar-refractivity contribution < 1.29 is 13.9 Å². The third-order valence-electron chi connectivity index (χ3n) is 3.74. The summed E-state index contributed by atoms with van der Waals surface area (Å²) < 4.78 is 17.9. The van der Waals surface area contributed by atoms with E-state index in [1.54, 1.807) is 6.92 Å². The third-order valence-corrected chi connectivity index (χ3v) is 3.74. The molecule has 2 atom stereocenters. The number of carbonyl (C=O) groups is 1. The zero-order chi connectivity index (χ0) is 15.2. The summed E-state index contributed by atoms with van der Waals surface area (Å²) in [6.07, 6.45) is 1.78. The van der Waals surface area contributed by atoms with Crippen LogP contribution in [0.2, 0.25) is 0 Å². The lowest BCUT2D eigenvalue weighted by molar-refractivity contribution is -0.144. The predicted octanol–water partition coefficient (Wildman–Crippen LogP) is 1.58. The minimum absolute atomic E-state index is 0.0682. The SMILES string of the molecule is CCOC(=O)CN1CC(N)CC(Cc2ccc(F)cc2)C1. The van der Waals surface area contributed by atoms with Crippen LogP contribution in [0.25, 0.3) is 0 Å². The molecule has 1 fully saturated rings. The lowest BCUT2D eigenvalue weighted by Crippen LogP contribution is -2.49. The highest BCUT2D eigenvalue weighted by Crippen LogP contribution is 2.20. The van der Waals surface area contributed by atoms with Gasteiger partial charge in [0.05, 0.1) is 13.2 Å². The Morgan fingerprint density at radius 2 is 2.10 bits per heavy atom. The number of rotatable bonds is 5. The maximum absolute atomic E-state index is 12.9. The van der Waals surface area contributed by atoms with Crippen LogP contribution in [0.1, 0.15) is 18.9 Å². The van der Waals surface area contributed by atoms with Gasteiger partial charge in [0.25, 0.3) is 0 Å². The average molecular weight is 294 g/mol. The summed E-state index contributed by atoms with van der Waals surface area (Å²) in [5.41, 5.74) is 7.19. The number of nitrogens with two attached hydrogens (primary N) is 1.